The van der Waals surface area contributed by atoms with Gasteiger partial charge in [0.25, 0.3) is 0 Å². The van der Waals surface area contributed by atoms with Crippen LogP contribution in [0.1, 0.15) is 24.4 Å². The molecular formula is C15H16N4. The van der Waals surface area contributed by atoms with Gasteiger partial charge in [-0.3, -0.25) is 9.97 Å². The molecule has 1 unspecified atom stereocenters. The Morgan fingerprint density at radius 2 is 2.00 bits per heavy atom. The number of fused-ring (bicyclic) bond motifs is 1. The van der Waals surface area contributed by atoms with Crippen LogP contribution in [0, 0.1) is 6.92 Å². The molecule has 2 aromatic heterocycles. The van der Waals surface area contributed by atoms with E-state index in [1.807, 2.05) is 13.1 Å². The number of aromatic amines is 1. The van der Waals surface area contributed by atoms with Gasteiger partial charge >= 0.3 is 0 Å². The Labute approximate surface area is 111 Å². The van der Waals surface area contributed by atoms with E-state index in [-0.39, 0.29) is 6.04 Å². The highest BCUT2D eigenvalue weighted by Crippen LogP contribution is 2.22. The summed E-state index contributed by atoms with van der Waals surface area (Å²) in [5.41, 5.74) is 4.18. The van der Waals surface area contributed by atoms with E-state index in [2.05, 4.69) is 51.5 Å². The van der Waals surface area contributed by atoms with Gasteiger partial charge in [0.1, 0.15) is 0 Å². The molecule has 0 saturated heterocycles. The third kappa shape index (κ3) is 2.29. The Hall–Kier alpha value is -2.36. The van der Waals surface area contributed by atoms with Gasteiger partial charge in [-0.1, -0.05) is 0 Å². The summed E-state index contributed by atoms with van der Waals surface area (Å²) in [5.74, 6) is 0. The number of nitrogens with one attached hydrogen (secondary N) is 2. The van der Waals surface area contributed by atoms with Crippen molar-refractivity contribution in [2.24, 2.45) is 0 Å². The number of hydrogen-bond donors (Lipinski definition) is 2. The molecule has 1 aromatic carbocycles. The average Bonchev–Trinajstić information content (AvgIpc) is 2.86. The van der Waals surface area contributed by atoms with Gasteiger partial charge in [-0.25, -0.2) is 0 Å². The maximum atomic E-state index is 4.40. The lowest BCUT2D eigenvalue weighted by Crippen LogP contribution is -2.10. The lowest BCUT2D eigenvalue weighted by molar-refractivity contribution is 0.810. The van der Waals surface area contributed by atoms with Crippen molar-refractivity contribution in [2.75, 3.05) is 5.32 Å². The Morgan fingerprint density at radius 1 is 1.16 bits per heavy atom. The molecule has 19 heavy (non-hydrogen) atoms. The van der Waals surface area contributed by atoms with Crippen LogP contribution in [-0.4, -0.2) is 15.0 Å². The van der Waals surface area contributed by atoms with E-state index in [9.17, 15) is 0 Å². The first kappa shape index (κ1) is 11.7. The number of hydrogen-bond acceptors (Lipinski definition) is 3. The van der Waals surface area contributed by atoms with Crippen molar-refractivity contribution in [1.29, 1.82) is 0 Å². The molecule has 0 fully saturated rings. The summed E-state index contributed by atoms with van der Waals surface area (Å²) in [6.45, 7) is 4.08. The second kappa shape index (κ2) is 4.72. The van der Waals surface area contributed by atoms with Crippen LogP contribution in [0.3, 0.4) is 0 Å². The van der Waals surface area contributed by atoms with Crippen LogP contribution in [0.15, 0.2) is 42.9 Å². The molecule has 0 saturated carbocycles. The molecule has 96 valence electrons. The van der Waals surface area contributed by atoms with Crippen molar-refractivity contribution in [1.82, 2.24) is 15.0 Å². The van der Waals surface area contributed by atoms with E-state index in [1.165, 1.54) is 5.39 Å². The Balaban J connectivity index is 1.86. The van der Waals surface area contributed by atoms with Gasteiger partial charge in [-0.15, -0.1) is 0 Å². The number of benzene rings is 1. The van der Waals surface area contributed by atoms with Crippen molar-refractivity contribution in [3.63, 3.8) is 0 Å². The number of anilines is 1. The molecule has 2 N–H and O–H groups in total. The number of H-pyrrole nitrogens is 1. The van der Waals surface area contributed by atoms with Gasteiger partial charge in [0.2, 0.25) is 0 Å². The quantitative estimate of drug-likeness (QED) is 0.750. The molecule has 0 aliphatic carbocycles. The first-order valence-corrected chi connectivity index (χ1v) is 6.35. The van der Waals surface area contributed by atoms with E-state index in [0.717, 1.165) is 22.6 Å². The highest BCUT2D eigenvalue weighted by Gasteiger charge is 2.10. The minimum absolute atomic E-state index is 0.130. The molecule has 1 atom stereocenters. The number of nitrogens with zero attached hydrogens (tertiary/aromatic N) is 2. The fraction of sp³-hybridized carbons (Fsp3) is 0.200. The van der Waals surface area contributed by atoms with Crippen LogP contribution in [0.25, 0.3) is 10.9 Å². The number of rotatable bonds is 3. The lowest BCUT2D eigenvalue weighted by atomic mass is 10.1. The SMILES string of the molecule is Cc1nccnc1C(C)Nc1ccc2[nH]ccc2c1. The second-order valence-corrected chi connectivity index (χ2v) is 4.67. The van der Waals surface area contributed by atoms with Crippen LogP contribution in [0.5, 0.6) is 0 Å². The molecule has 0 amide bonds. The monoisotopic (exact) mass is 252 g/mol. The van der Waals surface area contributed by atoms with Crippen LogP contribution < -0.4 is 5.32 Å². The molecule has 2 heterocycles. The zero-order chi connectivity index (χ0) is 13.2. The van der Waals surface area contributed by atoms with E-state index < -0.39 is 0 Å². The molecule has 0 aliphatic heterocycles. The summed E-state index contributed by atoms with van der Waals surface area (Å²) in [6, 6.07) is 8.48. The van der Waals surface area contributed by atoms with Gasteiger partial charge in [-0.05, 0) is 38.1 Å². The van der Waals surface area contributed by atoms with Crippen LogP contribution in [-0.2, 0) is 0 Å². The zero-order valence-corrected chi connectivity index (χ0v) is 11.0. The number of aromatic nitrogens is 3. The fourth-order valence-electron chi connectivity index (χ4n) is 2.30. The Bertz CT molecular complexity index is 702. The summed E-state index contributed by atoms with van der Waals surface area (Å²) in [4.78, 5) is 11.9. The van der Waals surface area contributed by atoms with Crippen molar-refractivity contribution in [3.05, 3.63) is 54.2 Å². The summed E-state index contributed by atoms with van der Waals surface area (Å²) >= 11 is 0. The van der Waals surface area contributed by atoms with Crippen LogP contribution in [0.2, 0.25) is 0 Å². The predicted molar refractivity (Wildman–Crippen MR) is 77.1 cm³/mol. The highest BCUT2D eigenvalue weighted by molar-refractivity contribution is 5.83. The van der Waals surface area contributed by atoms with Gasteiger partial charge in [-0.2, -0.15) is 0 Å². The summed E-state index contributed by atoms with van der Waals surface area (Å²) in [5, 5.41) is 4.67. The smallest absolute Gasteiger partial charge is 0.0835 e. The first-order chi connectivity index (χ1) is 9.24. The molecule has 3 rings (SSSR count). The van der Waals surface area contributed by atoms with Crippen LogP contribution in [0.4, 0.5) is 5.69 Å². The maximum Gasteiger partial charge on any atom is 0.0835 e. The fourth-order valence-corrected chi connectivity index (χ4v) is 2.30. The largest absolute Gasteiger partial charge is 0.377 e. The zero-order valence-electron chi connectivity index (χ0n) is 11.0. The molecule has 0 radical (unpaired) electrons. The maximum absolute atomic E-state index is 4.40. The summed E-state index contributed by atoms with van der Waals surface area (Å²) in [7, 11) is 0. The summed E-state index contributed by atoms with van der Waals surface area (Å²) in [6.07, 6.45) is 5.40. The second-order valence-electron chi connectivity index (χ2n) is 4.67. The van der Waals surface area contributed by atoms with Gasteiger partial charge in [0, 0.05) is 35.2 Å². The van der Waals surface area contributed by atoms with E-state index >= 15 is 0 Å². The molecule has 4 nitrogen and oxygen atoms in total. The van der Waals surface area contributed by atoms with Crippen molar-refractivity contribution >= 4 is 16.6 Å². The van der Waals surface area contributed by atoms with Gasteiger partial charge < -0.3 is 10.3 Å². The lowest BCUT2D eigenvalue weighted by Gasteiger charge is -2.16. The highest BCUT2D eigenvalue weighted by atomic mass is 15.0. The first-order valence-electron chi connectivity index (χ1n) is 6.35. The number of aryl methyl sites for hydroxylation is 1. The molecule has 3 aromatic rings. The Kier molecular flexibility index (Phi) is 2.91. The van der Waals surface area contributed by atoms with Gasteiger partial charge in [0.05, 0.1) is 17.4 Å². The normalized spacial score (nSPS) is 12.5. The van der Waals surface area contributed by atoms with Crippen molar-refractivity contribution in [2.45, 2.75) is 19.9 Å². The topological polar surface area (TPSA) is 53.6 Å². The van der Waals surface area contributed by atoms with E-state index in [1.54, 1.807) is 12.4 Å². The van der Waals surface area contributed by atoms with Crippen molar-refractivity contribution < 1.29 is 0 Å². The average molecular weight is 252 g/mol. The third-order valence-corrected chi connectivity index (χ3v) is 3.27. The molecule has 0 aliphatic rings. The molecule has 0 bridgehead atoms. The van der Waals surface area contributed by atoms with E-state index in [4.69, 9.17) is 0 Å². The van der Waals surface area contributed by atoms with Crippen molar-refractivity contribution in [3.8, 4) is 0 Å². The molecule has 0 spiro atoms. The summed E-state index contributed by atoms with van der Waals surface area (Å²) < 4.78 is 0. The minimum atomic E-state index is 0.130. The van der Waals surface area contributed by atoms with E-state index in [0.29, 0.717) is 0 Å². The van der Waals surface area contributed by atoms with Crippen LogP contribution >= 0.6 is 0 Å². The predicted octanol–water partition coefficient (Wildman–Crippen LogP) is 3.44. The third-order valence-electron chi connectivity index (χ3n) is 3.27. The Morgan fingerprint density at radius 3 is 2.84 bits per heavy atom. The molecular weight excluding hydrogens is 236 g/mol. The minimum Gasteiger partial charge on any atom is -0.377 e. The molecule has 4 heteroatoms. The standard InChI is InChI=1S/C15H16N4/c1-10-15(18-8-7-16-10)11(2)19-13-3-4-14-12(9-13)5-6-17-14/h3-9,11,17,19H,1-2H3. The van der Waals surface area contributed by atoms with Gasteiger partial charge in [0.15, 0.2) is 0 Å².